The smallest absolute Gasteiger partial charge is 0.344 e. The summed E-state index contributed by atoms with van der Waals surface area (Å²) in [6, 6.07) is 5.90. The molecule has 0 unspecified atom stereocenters. The van der Waals surface area contributed by atoms with Crippen molar-refractivity contribution in [2.45, 2.75) is 19.4 Å². The Hall–Kier alpha value is -2.61. The highest BCUT2D eigenvalue weighted by atomic mass is 16.6. The number of benzene rings is 1. The maximum atomic E-state index is 10.7. The highest BCUT2D eigenvalue weighted by Crippen LogP contribution is 2.13. The Bertz CT molecular complexity index is 541. The molecule has 0 aliphatic carbocycles. The number of carbonyl (C=O) groups is 2. The summed E-state index contributed by atoms with van der Waals surface area (Å²) in [6.07, 6.45) is 0.235. The van der Waals surface area contributed by atoms with Crippen molar-refractivity contribution in [2.75, 3.05) is 13.2 Å². The van der Waals surface area contributed by atoms with E-state index in [1.165, 1.54) is 0 Å². The number of aliphatic carboxylic acids is 2. The van der Waals surface area contributed by atoms with Crippen LogP contribution in [0, 0.1) is 0 Å². The molecular weight excluding hydrogens is 292 g/mol. The first-order valence-corrected chi connectivity index (χ1v) is 6.46. The molecule has 0 fully saturated rings. The summed E-state index contributed by atoms with van der Waals surface area (Å²) in [5, 5.41) is 20.7. The van der Waals surface area contributed by atoms with Crippen LogP contribution in [0.2, 0.25) is 0 Å². The summed E-state index contributed by atoms with van der Waals surface area (Å²) < 4.78 is 5.43. The van der Waals surface area contributed by atoms with Crippen molar-refractivity contribution in [3.05, 3.63) is 29.8 Å². The second kappa shape index (κ2) is 8.63. The highest BCUT2D eigenvalue weighted by Gasteiger charge is 2.11. The molecule has 1 rings (SSSR count). The molecule has 8 heteroatoms. The minimum Gasteiger partial charge on any atom is -0.488 e. The van der Waals surface area contributed by atoms with Gasteiger partial charge in [-0.05, 0) is 31.0 Å². The van der Waals surface area contributed by atoms with Gasteiger partial charge in [-0.1, -0.05) is 17.3 Å². The van der Waals surface area contributed by atoms with Gasteiger partial charge < -0.3 is 25.5 Å². The third-order valence-corrected chi connectivity index (χ3v) is 2.55. The lowest BCUT2D eigenvalue weighted by Gasteiger charge is -2.08. The van der Waals surface area contributed by atoms with Gasteiger partial charge >= 0.3 is 11.9 Å². The van der Waals surface area contributed by atoms with Gasteiger partial charge in [-0.2, -0.15) is 0 Å². The van der Waals surface area contributed by atoms with Gasteiger partial charge in [-0.3, -0.25) is 4.79 Å². The molecule has 0 aromatic heterocycles. The number of oxime groups is 1. The van der Waals surface area contributed by atoms with Crippen LogP contribution in [0.1, 0.15) is 12.5 Å². The van der Waals surface area contributed by atoms with E-state index in [0.29, 0.717) is 11.5 Å². The molecular formula is C14H18N2O6. The Morgan fingerprint density at radius 2 is 1.86 bits per heavy atom. The molecule has 0 saturated carbocycles. The molecule has 0 aliphatic rings. The number of nitrogens with two attached hydrogens (primary N) is 1. The second-order valence-electron chi connectivity index (χ2n) is 4.58. The standard InChI is InChI=1S/C14H18N2O6/c1-9(16-22-8-13(17)18)7-21-11-4-2-10(3-5-11)6-12(15)14(19)20/h2-5,12H,6-8,15H2,1H3,(H,17,18)(H,19,20)/b16-9+/t12-/m0/s1. The molecule has 1 atom stereocenters. The van der Waals surface area contributed by atoms with Gasteiger partial charge in [0.05, 0.1) is 5.71 Å². The number of hydrogen-bond acceptors (Lipinski definition) is 6. The molecule has 120 valence electrons. The van der Waals surface area contributed by atoms with Crippen LogP contribution >= 0.6 is 0 Å². The van der Waals surface area contributed by atoms with Crippen LogP contribution in [0.4, 0.5) is 0 Å². The molecule has 0 bridgehead atoms. The molecule has 0 heterocycles. The predicted molar refractivity (Wildman–Crippen MR) is 77.9 cm³/mol. The SMILES string of the molecule is C/C(COc1ccc(C[C@H](N)C(=O)O)cc1)=N\OCC(=O)O. The molecule has 8 nitrogen and oxygen atoms in total. The summed E-state index contributed by atoms with van der Waals surface area (Å²) in [5.74, 6) is -1.58. The van der Waals surface area contributed by atoms with E-state index in [-0.39, 0.29) is 13.0 Å². The van der Waals surface area contributed by atoms with E-state index in [1.807, 2.05) is 0 Å². The van der Waals surface area contributed by atoms with Gasteiger partial charge in [0, 0.05) is 0 Å². The average molecular weight is 310 g/mol. The number of nitrogens with zero attached hydrogens (tertiary/aromatic N) is 1. The maximum Gasteiger partial charge on any atom is 0.344 e. The zero-order valence-electron chi connectivity index (χ0n) is 12.1. The normalized spacial score (nSPS) is 12.5. The second-order valence-corrected chi connectivity index (χ2v) is 4.58. The van der Waals surface area contributed by atoms with E-state index < -0.39 is 24.6 Å². The quantitative estimate of drug-likeness (QED) is 0.447. The summed E-state index contributed by atoms with van der Waals surface area (Å²) >= 11 is 0. The monoisotopic (exact) mass is 310 g/mol. The van der Waals surface area contributed by atoms with Gasteiger partial charge in [-0.15, -0.1) is 0 Å². The van der Waals surface area contributed by atoms with Crippen LogP contribution in [0.5, 0.6) is 5.75 Å². The first-order chi connectivity index (χ1) is 10.4. The van der Waals surface area contributed by atoms with Gasteiger partial charge in [0.2, 0.25) is 6.61 Å². The van der Waals surface area contributed by atoms with Crippen LogP contribution in [0.15, 0.2) is 29.4 Å². The number of carboxylic acids is 2. The third-order valence-electron chi connectivity index (χ3n) is 2.55. The molecule has 0 spiro atoms. The summed E-state index contributed by atoms with van der Waals surface area (Å²) in [6.45, 7) is 1.28. The predicted octanol–water partition coefficient (Wildman–Crippen LogP) is 0.497. The van der Waals surface area contributed by atoms with Gasteiger partial charge in [0.1, 0.15) is 18.4 Å². The molecule has 0 amide bonds. The van der Waals surface area contributed by atoms with Crippen LogP contribution in [-0.2, 0) is 20.8 Å². The Morgan fingerprint density at radius 3 is 2.41 bits per heavy atom. The van der Waals surface area contributed by atoms with E-state index >= 15 is 0 Å². The van der Waals surface area contributed by atoms with Crippen molar-refractivity contribution >= 4 is 17.7 Å². The van der Waals surface area contributed by atoms with Crippen LogP contribution < -0.4 is 10.5 Å². The summed E-state index contributed by atoms with van der Waals surface area (Å²) in [4.78, 5) is 25.5. The van der Waals surface area contributed by atoms with Gasteiger partial charge in [-0.25, -0.2) is 4.79 Å². The fraction of sp³-hybridized carbons (Fsp3) is 0.357. The Labute approximate surface area is 127 Å². The molecule has 0 saturated heterocycles. The first-order valence-electron chi connectivity index (χ1n) is 6.46. The zero-order chi connectivity index (χ0) is 16.5. The first kappa shape index (κ1) is 17.4. The van der Waals surface area contributed by atoms with Crippen molar-refractivity contribution in [3.63, 3.8) is 0 Å². The average Bonchev–Trinajstić information content (AvgIpc) is 2.46. The largest absolute Gasteiger partial charge is 0.488 e. The molecule has 22 heavy (non-hydrogen) atoms. The topological polar surface area (TPSA) is 131 Å². The highest BCUT2D eigenvalue weighted by molar-refractivity contribution is 5.83. The third kappa shape index (κ3) is 6.71. The summed E-state index contributed by atoms with van der Waals surface area (Å²) in [5.41, 5.74) is 6.72. The lowest BCUT2D eigenvalue weighted by molar-refractivity contribution is -0.142. The maximum absolute atomic E-state index is 10.7. The zero-order valence-corrected chi connectivity index (χ0v) is 12.1. The molecule has 1 aromatic rings. The van der Waals surface area contributed by atoms with E-state index in [2.05, 4.69) is 9.99 Å². The number of carboxylic acid groups (broad SMARTS) is 2. The Morgan fingerprint density at radius 1 is 1.23 bits per heavy atom. The lowest BCUT2D eigenvalue weighted by Crippen LogP contribution is -2.32. The van der Waals surface area contributed by atoms with Gasteiger partial charge in [0.15, 0.2) is 0 Å². The minimum absolute atomic E-state index is 0.146. The van der Waals surface area contributed by atoms with E-state index in [4.69, 9.17) is 20.7 Å². The number of ether oxygens (including phenoxy) is 1. The minimum atomic E-state index is -1.10. The fourth-order valence-electron chi connectivity index (χ4n) is 1.47. The van der Waals surface area contributed by atoms with Gasteiger partial charge in [0.25, 0.3) is 0 Å². The van der Waals surface area contributed by atoms with Crippen molar-refractivity contribution in [2.24, 2.45) is 10.9 Å². The number of hydrogen-bond donors (Lipinski definition) is 3. The van der Waals surface area contributed by atoms with Crippen molar-refractivity contribution in [3.8, 4) is 5.75 Å². The van der Waals surface area contributed by atoms with Crippen molar-refractivity contribution in [1.82, 2.24) is 0 Å². The van der Waals surface area contributed by atoms with E-state index in [0.717, 1.165) is 5.56 Å². The lowest BCUT2D eigenvalue weighted by atomic mass is 10.1. The van der Waals surface area contributed by atoms with Crippen LogP contribution in [0.25, 0.3) is 0 Å². The molecule has 4 N–H and O–H groups in total. The number of rotatable bonds is 9. The van der Waals surface area contributed by atoms with E-state index in [9.17, 15) is 9.59 Å². The fourth-order valence-corrected chi connectivity index (χ4v) is 1.47. The van der Waals surface area contributed by atoms with Crippen molar-refractivity contribution in [1.29, 1.82) is 0 Å². The Kier molecular flexibility index (Phi) is 6.84. The van der Waals surface area contributed by atoms with Crippen molar-refractivity contribution < 1.29 is 29.4 Å². The van der Waals surface area contributed by atoms with E-state index in [1.54, 1.807) is 31.2 Å². The molecule has 1 aromatic carbocycles. The molecule has 0 radical (unpaired) electrons. The van der Waals surface area contributed by atoms with Crippen LogP contribution in [0.3, 0.4) is 0 Å². The van der Waals surface area contributed by atoms with Crippen LogP contribution in [-0.4, -0.2) is 47.1 Å². The molecule has 0 aliphatic heterocycles. The summed E-state index contributed by atoms with van der Waals surface area (Å²) in [7, 11) is 0. The Balaban J connectivity index is 2.44.